The number of hydrogen-bond donors (Lipinski definition) is 1. The lowest BCUT2D eigenvalue weighted by molar-refractivity contribution is -0.130. The highest BCUT2D eigenvalue weighted by molar-refractivity contribution is 7.99. The summed E-state index contributed by atoms with van der Waals surface area (Å²) in [4.78, 5) is 30.0. The van der Waals surface area contributed by atoms with Crippen molar-refractivity contribution in [2.45, 2.75) is 43.3 Å². The maximum absolute atomic E-state index is 13.7. The summed E-state index contributed by atoms with van der Waals surface area (Å²) in [5, 5.41) is 17.4. The molecule has 1 aliphatic carbocycles. The highest BCUT2D eigenvalue weighted by atomic mass is 32.2. The molecule has 0 saturated heterocycles. The number of methoxy groups -OCH3 is 2. The maximum atomic E-state index is 13.7. The summed E-state index contributed by atoms with van der Waals surface area (Å²) in [6.07, 6.45) is 4.07. The summed E-state index contributed by atoms with van der Waals surface area (Å²) in [6, 6.07) is 9.32. The first-order valence-electron chi connectivity index (χ1n) is 12.3. The number of carbonyl (C=O) groups is 1. The zero-order chi connectivity index (χ0) is 26.2. The van der Waals surface area contributed by atoms with Crippen LogP contribution in [0.3, 0.4) is 0 Å². The number of nitrogens with one attached hydrogen (secondary N) is 1. The third kappa shape index (κ3) is 4.27. The van der Waals surface area contributed by atoms with Crippen molar-refractivity contribution >= 4 is 40.5 Å². The second kappa shape index (κ2) is 10.3. The Morgan fingerprint density at radius 3 is 2.82 bits per heavy atom. The van der Waals surface area contributed by atoms with E-state index in [0.29, 0.717) is 28.9 Å². The standard InChI is InChI=1S/C26H26N6O4S2/c1-35-20-10-5-8-15(23(20)36-2)19-13-17(21-11-6-12-37-21)30-32(19)22(33)14-38-26-29-28-25-27-24(34)16-7-3-4-9-18(16)31(25)26/h5-6,8,10-12,19H,3-4,7,9,13-14H2,1-2H3,(H,27,28,34). The number of hydrazone groups is 1. The molecule has 1 atom stereocenters. The summed E-state index contributed by atoms with van der Waals surface area (Å²) in [5.74, 6) is 1.55. The first-order valence-corrected chi connectivity index (χ1v) is 14.2. The second-order valence-electron chi connectivity index (χ2n) is 9.08. The molecule has 1 unspecified atom stereocenters. The van der Waals surface area contributed by atoms with Crippen LogP contribution >= 0.6 is 23.1 Å². The topological polar surface area (TPSA) is 114 Å². The van der Waals surface area contributed by atoms with E-state index in [1.807, 2.05) is 40.1 Å². The molecule has 3 aromatic heterocycles. The van der Waals surface area contributed by atoms with Crippen LogP contribution in [0.25, 0.3) is 5.78 Å². The second-order valence-corrected chi connectivity index (χ2v) is 11.0. The fraction of sp³-hybridized carbons (Fsp3) is 0.346. The highest BCUT2D eigenvalue weighted by Gasteiger charge is 2.36. The number of hydrogen-bond acceptors (Lipinski definition) is 9. The number of para-hydroxylation sites is 1. The van der Waals surface area contributed by atoms with Gasteiger partial charge in [-0.1, -0.05) is 30.0 Å². The summed E-state index contributed by atoms with van der Waals surface area (Å²) in [6.45, 7) is 0. The Hall–Kier alpha value is -3.64. The largest absolute Gasteiger partial charge is 0.493 e. The van der Waals surface area contributed by atoms with Gasteiger partial charge in [0.1, 0.15) is 0 Å². The van der Waals surface area contributed by atoms with Crippen molar-refractivity contribution in [3.05, 3.63) is 67.8 Å². The Balaban J connectivity index is 1.32. The van der Waals surface area contributed by atoms with Gasteiger partial charge in [0.25, 0.3) is 11.5 Å². The average molecular weight is 551 g/mol. The van der Waals surface area contributed by atoms with Gasteiger partial charge < -0.3 is 9.47 Å². The number of thiophene rings is 1. The number of aromatic nitrogens is 4. The van der Waals surface area contributed by atoms with E-state index in [4.69, 9.17) is 14.6 Å². The van der Waals surface area contributed by atoms with Crippen LogP contribution in [0.2, 0.25) is 0 Å². The molecule has 10 nitrogen and oxygen atoms in total. The molecule has 2 aliphatic rings. The number of H-pyrrole nitrogens is 1. The molecule has 0 spiro atoms. The Morgan fingerprint density at radius 2 is 2.03 bits per heavy atom. The molecular formula is C26H26N6O4S2. The third-order valence-corrected chi connectivity index (χ3v) is 8.76. The van der Waals surface area contributed by atoms with E-state index < -0.39 is 0 Å². The van der Waals surface area contributed by atoms with E-state index in [2.05, 4.69) is 15.2 Å². The quantitative estimate of drug-likeness (QED) is 0.348. The van der Waals surface area contributed by atoms with E-state index in [-0.39, 0.29) is 23.3 Å². The number of benzene rings is 1. The number of aryl methyl sites for hydroxylation is 1. The van der Waals surface area contributed by atoms with Crippen molar-refractivity contribution in [1.29, 1.82) is 0 Å². The fourth-order valence-electron chi connectivity index (χ4n) is 5.19. The number of aromatic amines is 1. The number of carbonyl (C=O) groups excluding carboxylic acids is 1. The number of thioether (sulfide) groups is 1. The summed E-state index contributed by atoms with van der Waals surface area (Å²) >= 11 is 2.89. The van der Waals surface area contributed by atoms with Gasteiger partial charge in [0.05, 0.1) is 36.6 Å². The zero-order valence-electron chi connectivity index (χ0n) is 21.0. The minimum atomic E-state index is -0.343. The molecule has 12 heteroatoms. The van der Waals surface area contributed by atoms with Gasteiger partial charge in [0.2, 0.25) is 5.78 Å². The van der Waals surface area contributed by atoms with Gasteiger partial charge in [-0.15, -0.1) is 21.5 Å². The number of amides is 1. The van der Waals surface area contributed by atoms with Crippen LogP contribution in [0, 0.1) is 0 Å². The van der Waals surface area contributed by atoms with Crippen molar-refractivity contribution in [3.63, 3.8) is 0 Å². The lowest BCUT2D eigenvalue weighted by Crippen LogP contribution is -2.29. The van der Waals surface area contributed by atoms with Crippen molar-refractivity contribution in [3.8, 4) is 11.5 Å². The van der Waals surface area contributed by atoms with Gasteiger partial charge in [-0.3, -0.25) is 19.0 Å². The van der Waals surface area contributed by atoms with Crippen LogP contribution in [0.15, 0.2) is 50.8 Å². The van der Waals surface area contributed by atoms with Crippen LogP contribution in [0.1, 0.15) is 47.0 Å². The molecule has 1 amide bonds. The van der Waals surface area contributed by atoms with Crippen molar-refractivity contribution in [2.75, 3.05) is 20.0 Å². The molecule has 4 aromatic rings. The van der Waals surface area contributed by atoms with Crippen LogP contribution in [-0.2, 0) is 17.6 Å². The normalized spacial score (nSPS) is 16.9. The predicted octanol–water partition coefficient (Wildman–Crippen LogP) is 3.85. The fourth-order valence-corrected chi connectivity index (χ4v) is 6.72. The van der Waals surface area contributed by atoms with Crippen molar-refractivity contribution in [2.24, 2.45) is 5.10 Å². The number of rotatable bonds is 7. The first-order chi connectivity index (χ1) is 18.6. The Labute approximate surface area is 226 Å². The molecule has 1 N–H and O–H groups in total. The molecule has 38 heavy (non-hydrogen) atoms. The van der Waals surface area contributed by atoms with Crippen molar-refractivity contribution < 1.29 is 14.3 Å². The first kappa shape index (κ1) is 24.7. The van der Waals surface area contributed by atoms with Crippen molar-refractivity contribution in [1.82, 2.24) is 24.6 Å². The number of fused-ring (bicyclic) bond motifs is 3. The van der Waals surface area contributed by atoms with E-state index in [1.165, 1.54) is 11.8 Å². The van der Waals surface area contributed by atoms with Gasteiger partial charge in [-0.2, -0.15) is 5.10 Å². The van der Waals surface area contributed by atoms with Crippen LogP contribution in [0.5, 0.6) is 11.5 Å². The maximum Gasteiger partial charge on any atom is 0.255 e. The number of nitrogens with zero attached hydrogens (tertiary/aromatic N) is 5. The molecular weight excluding hydrogens is 524 g/mol. The molecule has 196 valence electrons. The summed E-state index contributed by atoms with van der Waals surface area (Å²) in [7, 11) is 3.19. The zero-order valence-corrected chi connectivity index (χ0v) is 22.6. The molecule has 0 radical (unpaired) electrons. The smallest absolute Gasteiger partial charge is 0.255 e. The van der Waals surface area contributed by atoms with Gasteiger partial charge >= 0.3 is 0 Å². The molecule has 1 aromatic carbocycles. The summed E-state index contributed by atoms with van der Waals surface area (Å²) < 4.78 is 13.1. The predicted molar refractivity (Wildman–Crippen MR) is 146 cm³/mol. The monoisotopic (exact) mass is 550 g/mol. The van der Waals surface area contributed by atoms with E-state index in [0.717, 1.165) is 53.1 Å². The molecule has 1 aliphatic heterocycles. The van der Waals surface area contributed by atoms with E-state index >= 15 is 0 Å². The Bertz CT molecular complexity index is 1590. The Kier molecular flexibility index (Phi) is 6.66. The van der Waals surface area contributed by atoms with Crippen LogP contribution < -0.4 is 15.0 Å². The minimum absolute atomic E-state index is 0.102. The highest BCUT2D eigenvalue weighted by Crippen LogP contribution is 2.42. The van der Waals surface area contributed by atoms with E-state index in [1.54, 1.807) is 30.6 Å². The SMILES string of the molecule is COc1cccc(C2CC(c3cccs3)=NN2C(=O)CSc2nnc3[nH]c(=O)c4c(n23)CCCC4)c1OC. The molecule has 0 bridgehead atoms. The molecule has 6 rings (SSSR count). The van der Waals surface area contributed by atoms with Gasteiger partial charge in [-0.05, 0) is 43.2 Å². The minimum Gasteiger partial charge on any atom is -0.493 e. The summed E-state index contributed by atoms with van der Waals surface area (Å²) in [5.41, 5.74) is 3.31. The molecule has 0 fully saturated rings. The molecule has 0 saturated carbocycles. The average Bonchev–Trinajstić information content (AvgIpc) is 3.71. The lowest BCUT2D eigenvalue weighted by Gasteiger charge is -2.24. The molecule has 4 heterocycles. The van der Waals surface area contributed by atoms with Crippen LogP contribution in [-0.4, -0.2) is 56.2 Å². The van der Waals surface area contributed by atoms with Gasteiger partial charge in [-0.25, -0.2) is 5.01 Å². The Morgan fingerprint density at radius 1 is 1.16 bits per heavy atom. The lowest BCUT2D eigenvalue weighted by atomic mass is 9.97. The van der Waals surface area contributed by atoms with Gasteiger partial charge in [0.15, 0.2) is 16.7 Å². The van der Waals surface area contributed by atoms with Crippen LogP contribution in [0.4, 0.5) is 0 Å². The van der Waals surface area contributed by atoms with E-state index in [9.17, 15) is 9.59 Å². The number of ether oxygens (including phenoxy) is 2. The third-order valence-electron chi connectivity index (χ3n) is 6.93. The van der Waals surface area contributed by atoms with Gasteiger partial charge in [0, 0.05) is 23.2 Å².